The number of allylic oxidation sites excluding steroid dienone is 2. The number of aromatic nitrogens is 2. The molecule has 2 unspecified atom stereocenters. The average Bonchev–Trinajstić information content (AvgIpc) is 2.54. The van der Waals surface area contributed by atoms with Crippen LogP contribution in [0.3, 0.4) is 0 Å². The Kier molecular flexibility index (Phi) is 3.78. The highest BCUT2D eigenvalue weighted by Crippen LogP contribution is 2.48. The van der Waals surface area contributed by atoms with Crippen LogP contribution >= 0.6 is 0 Å². The fourth-order valence-corrected chi connectivity index (χ4v) is 4.21. The number of hydrogen-bond acceptors (Lipinski definition) is 3. The van der Waals surface area contributed by atoms with Gasteiger partial charge in [0.1, 0.15) is 11.4 Å². The average molecular weight is 336 g/mol. The maximum Gasteiger partial charge on any atom is 0.258 e. The second-order valence-electron chi connectivity index (χ2n) is 7.78. The van der Waals surface area contributed by atoms with Crippen molar-refractivity contribution < 1.29 is 4.74 Å². The van der Waals surface area contributed by atoms with Crippen molar-refractivity contribution in [3.05, 3.63) is 69.3 Å². The van der Waals surface area contributed by atoms with Gasteiger partial charge in [0.25, 0.3) is 5.56 Å². The summed E-state index contributed by atoms with van der Waals surface area (Å²) in [4.78, 5) is 20.5. The van der Waals surface area contributed by atoms with Crippen LogP contribution in [0.15, 0.2) is 46.8 Å². The fraction of sp³-hybridized carbons (Fsp3) is 0.429. The van der Waals surface area contributed by atoms with Crippen molar-refractivity contribution in [1.82, 2.24) is 9.97 Å². The van der Waals surface area contributed by atoms with E-state index in [1.807, 2.05) is 30.3 Å². The van der Waals surface area contributed by atoms with E-state index >= 15 is 0 Å². The van der Waals surface area contributed by atoms with Crippen LogP contribution in [0.4, 0.5) is 0 Å². The van der Waals surface area contributed by atoms with Gasteiger partial charge >= 0.3 is 0 Å². The van der Waals surface area contributed by atoms with Crippen LogP contribution in [0.2, 0.25) is 0 Å². The molecule has 2 aliphatic rings. The first-order chi connectivity index (χ1) is 11.9. The normalized spacial score (nSPS) is 23.9. The third-order valence-electron chi connectivity index (χ3n) is 5.52. The zero-order valence-corrected chi connectivity index (χ0v) is 15.0. The molecule has 2 heterocycles. The first kappa shape index (κ1) is 16.1. The van der Waals surface area contributed by atoms with Gasteiger partial charge in [-0.2, -0.15) is 4.98 Å². The van der Waals surface area contributed by atoms with E-state index in [4.69, 9.17) is 4.74 Å². The van der Waals surface area contributed by atoms with E-state index in [2.05, 4.69) is 36.8 Å². The molecule has 1 aromatic heterocycles. The summed E-state index contributed by atoms with van der Waals surface area (Å²) in [5, 5.41) is 0. The van der Waals surface area contributed by atoms with Crippen molar-refractivity contribution in [3.8, 4) is 5.88 Å². The minimum atomic E-state index is -0.320. The number of rotatable bonds is 2. The van der Waals surface area contributed by atoms with Gasteiger partial charge in [0.2, 0.25) is 5.88 Å². The van der Waals surface area contributed by atoms with E-state index in [-0.39, 0.29) is 17.1 Å². The Morgan fingerprint density at radius 2 is 2.04 bits per heavy atom. The summed E-state index contributed by atoms with van der Waals surface area (Å²) in [6.07, 6.45) is 4.95. The van der Waals surface area contributed by atoms with E-state index in [0.717, 1.165) is 18.4 Å². The second kappa shape index (κ2) is 5.87. The lowest BCUT2D eigenvalue weighted by Gasteiger charge is -2.45. The molecule has 130 valence electrons. The molecule has 25 heavy (non-hydrogen) atoms. The highest BCUT2D eigenvalue weighted by atomic mass is 16.5. The summed E-state index contributed by atoms with van der Waals surface area (Å²) in [6.45, 7) is 6.37. The lowest BCUT2D eigenvalue weighted by atomic mass is 9.69. The largest absolute Gasteiger partial charge is 0.471 e. The molecule has 0 spiro atoms. The molecule has 2 atom stereocenters. The molecule has 1 aromatic carbocycles. The van der Waals surface area contributed by atoms with Crippen molar-refractivity contribution in [3.63, 3.8) is 0 Å². The highest BCUT2D eigenvalue weighted by Gasteiger charge is 2.46. The molecule has 0 saturated carbocycles. The minimum Gasteiger partial charge on any atom is -0.471 e. The van der Waals surface area contributed by atoms with E-state index in [1.54, 1.807) is 0 Å². The van der Waals surface area contributed by atoms with Crippen molar-refractivity contribution in [2.45, 2.75) is 51.6 Å². The zero-order chi connectivity index (χ0) is 17.6. The Balaban J connectivity index is 1.78. The number of hydrogen-bond donors (Lipinski definition) is 1. The molecule has 0 bridgehead atoms. The second-order valence-corrected chi connectivity index (χ2v) is 7.78. The summed E-state index contributed by atoms with van der Waals surface area (Å²) in [6, 6.07) is 10.0. The van der Waals surface area contributed by atoms with Gasteiger partial charge in [-0.05, 0) is 39.2 Å². The molecule has 0 radical (unpaired) electrons. The van der Waals surface area contributed by atoms with Crippen LogP contribution in [0, 0.1) is 5.92 Å². The smallest absolute Gasteiger partial charge is 0.258 e. The van der Waals surface area contributed by atoms with Crippen LogP contribution in [0.25, 0.3) is 0 Å². The predicted octanol–water partition coefficient (Wildman–Crippen LogP) is 3.97. The van der Waals surface area contributed by atoms with Crippen molar-refractivity contribution in [2.24, 2.45) is 5.92 Å². The van der Waals surface area contributed by atoms with E-state index in [9.17, 15) is 4.79 Å². The standard InChI is InChI=1S/C21H24N2O2/c1-13-9-10-16-15(11-13)18-19(24)22-17(12-14-7-5-4-6-8-14)23-20(18)25-21(16,2)3/h4-8,11,15-16H,9-10,12H2,1-3H3,(H,22,23,24). The molecule has 4 heteroatoms. The third kappa shape index (κ3) is 2.90. The van der Waals surface area contributed by atoms with Gasteiger partial charge in [-0.3, -0.25) is 4.79 Å². The van der Waals surface area contributed by atoms with Gasteiger partial charge < -0.3 is 9.72 Å². The van der Waals surface area contributed by atoms with Crippen molar-refractivity contribution >= 4 is 0 Å². The number of fused-ring (bicyclic) bond motifs is 3. The number of benzene rings is 1. The van der Waals surface area contributed by atoms with Crippen LogP contribution in [0.5, 0.6) is 5.88 Å². The first-order valence-electron chi connectivity index (χ1n) is 8.97. The first-order valence-corrected chi connectivity index (χ1v) is 8.97. The van der Waals surface area contributed by atoms with Crippen LogP contribution in [-0.2, 0) is 6.42 Å². The predicted molar refractivity (Wildman–Crippen MR) is 98.0 cm³/mol. The Labute approximate surface area is 148 Å². The maximum atomic E-state index is 12.8. The Bertz CT molecular complexity index is 881. The third-order valence-corrected chi connectivity index (χ3v) is 5.52. The number of aromatic amines is 1. The summed E-state index contributed by atoms with van der Waals surface area (Å²) >= 11 is 0. The highest BCUT2D eigenvalue weighted by molar-refractivity contribution is 5.38. The van der Waals surface area contributed by atoms with Crippen molar-refractivity contribution in [1.29, 1.82) is 0 Å². The summed E-state index contributed by atoms with van der Waals surface area (Å²) in [5.41, 5.74) is 2.77. The Hall–Kier alpha value is -2.36. The number of ether oxygens (including phenoxy) is 1. The van der Waals surface area contributed by atoms with Gasteiger partial charge in [0.15, 0.2) is 0 Å². The molecule has 0 saturated heterocycles. The fourth-order valence-electron chi connectivity index (χ4n) is 4.21. The van der Waals surface area contributed by atoms with Crippen molar-refractivity contribution in [2.75, 3.05) is 0 Å². The SMILES string of the molecule is CC1=CC2c3c(nc(Cc4ccccc4)[nH]c3=O)OC(C)(C)C2CC1. The summed E-state index contributed by atoms with van der Waals surface area (Å²) < 4.78 is 6.22. The van der Waals surface area contributed by atoms with Crippen LogP contribution in [-0.4, -0.2) is 15.6 Å². The van der Waals surface area contributed by atoms with Crippen LogP contribution in [0.1, 0.15) is 56.5 Å². The number of nitrogens with zero attached hydrogens (tertiary/aromatic N) is 1. The van der Waals surface area contributed by atoms with Gasteiger partial charge in [-0.1, -0.05) is 42.0 Å². The van der Waals surface area contributed by atoms with E-state index < -0.39 is 0 Å². The summed E-state index contributed by atoms with van der Waals surface area (Å²) in [7, 11) is 0. The Morgan fingerprint density at radius 1 is 1.28 bits per heavy atom. The van der Waals surface area contributed by atoms with Gasteiger partial charge in [0, 0.05) is 18.3 Å². The summed E-state index contributed by atoms with van der Waals surface area (Å²) in [5.74, 6) is 1.56. The van der Waals surface area contributed by atoms with Crippen LogP contribution < -0.4 is 10.3 Å². The maximum absolute atomic E-state index is 12.8. The molecule has 4 nitrogen and oxygen atoms in total. The molecule has 1 aliphatic heterocycles. The minimum absolute atomic E-state index is 0.0626. The molecular weight excluding hydrogens is 312 g/mol. The molecule has 0 fully saturated rings. The topological polar surface area (TPSA) is 55.0 Å². The molecule has 4 rings (SSSR count). The lowest BCUT2D eigenvalue weighted by Crippen LogP contribution is -2.47. The van der Waals surface area contributed by atoms with Gasteiger partial charge in [0.05, 0.1) is 5.56 Å². The van der Waals surface area contributed by atoms with E-state index in [0.29, 0.717) is 29.6 Å². The Morgan fingerprint density at radius 3 is 2.80 bits per heavy atom. The molecule has 2 aromatic rings. The molecule has 1 N–H and O–H groups in total. The number of nitrogens with one attached hydrogen (secondary N) is 1. The zero-order valence-electron chi connectivity index (χ0n) is 15.0. The molecule has 0 amide bonds. The number of H-pyrrole nitrogens is 1. The molecular formula is C21H24N2O2. The van der Waals surface area contributed by atoms with Gasteiger partial charge in [-0.15, -0.1) is 0 Å². The quantitative estimate of drug-likeness (QED) is 0.844. The molecule has 1 aliphatic carbocycles. The monoisotopic (exact) mass is 336 g/mol. The van der Waals surface area contributed by atoms with E-state index in [1.165, 1.54) is 5.57 Å². The van der Waals surface area contributed by atoms with Gasteiger partial charge in [-0.25, -0.2) is 0 Å². The lowest BCUT2D eigenvalue weighted by molar-refractivity contribution is 0.00591.